The molecule has 0 aromatic heterocycles. The van der Waals surface area contributed by atoms with Gasteiger partial charge in [0.15, 0.2) is 0 Å². The van der Waals surface area contributed by atoms with Crippen LogP contribution in [0.5, 0.6) is 5.75 Å². The van der Waals surface area contributed by atoms with E-state index in [4.69, 9.17) is 4.74 Å². The molecule has 1 aromatic carbocycles. The summed E-state index contributed by atoms with van der Waals surface area (Å²) < 4.78 is 5.75. The fourth-order valence-corrected chi connectivity index (χ4v) is 3.01. The van der Waals surface area contributed by atoms with Crippen molar-refractivity contribution in [1.82, 2.24) is 4.90 Å². The van der Waals surface area contributed by atoms with Gasteiger partial charge < -0.3 is 4.74 Å². The molecule has 3 heteroatoms. The highest BCUT2D eigenvalue weighted by molar-refractivity contribution is 5.31. The zero-order valence-electron chi connectivity index (χ0n) is 13.4. The van der Waals surface area contributed by atoms with Gasteiger partial charge in [0.1, 0.15) is 11.3 Å². The fraction of sp³-hybridized carbons (Fsp3) is 0.611. The predicted octanol–water partition coefficient (Wildman–Crippen LogP) is 3.78. The Hall–Kier alpha value is -1.53. The molecule has 1 heterocycles. The quantitative estimate of drug-likeness (QED) is 0.826. The van der Waals surface area contributed by atoms with Gasteiger partial charge in [0, 0.05) is 6.42 Å². The standard InChI is InChI=1S/C18H26N2O/c1-15(2)21-17-9-7-8-16(12-17)13-18(3,14-19)20-10-5-4-6-11-20/h7-9,12,15H,4-6,10-11,13H2,1-3H3. The van der Waals surface area contributed by atoms with Gasteiger partial charge in [-0.25, -0.2) is 0 Å². The predicted molar refractivity (Wildman–Crippen MR) is 85.4 cm³/mol. The third-order valence-electron chi connectivity index (χ3n) is 4.11. The van der Waals surface area contributed by atoms with E-state index in [0.29, 0.717) is 0 Å². The van der Waals surface area contributed by atoms with Crippen molar-refractivity contribution >= 4 is 0 Å². The molecule has 0 radical (unpaired) electrons. The van der Waals surface area contributed by atoms with Crippen LogP contribution in [0.15, 0.2) is 24.3 Å². The number of likely N-dealkylation sites (tertiary alicyclic amines) is 1. The number of benzene rings is 1. The molecule has 1 saturated heterocycles. The van der Waals surface area contributed by atoms with Gasteiger partial charge in [-0.1, -0.05) is 18.6 Å². The van der Waals surface area contributed by atoms with E-state index in [1.165, 1.54) is 24.8 Å². The molecule has 0 N–H and O–H groups in total. The fourth-order valence-electron chi connectivity index (χ4n) is 3.01. The summed E-state index contributed by atoms with van der Waals surface area (Å²) in [6.07, 6.45) is 4.61. The van der Waals surface area contributed by atoms with Crippen molar-refractivity contribution in [2.24, 2.45) is 0 Å². The normalized spacial score (nSPS) is 19.0. The summed E-state index contributed by atoms with van der Waals surface area (Å²) in [4.78, 5) is 2.34. The number of nitrogens with zero attached hydrogens (tertiary/aromatic N) is 2. The van der Waals surface area contributed by atoms with Crippen LogP contribution in [0.1, 0.15) is 45.6 Å². The van der Waals surface area contributed by atoms with Gasteiger partial charge in [-0.3, -0.25) is 4.90 Å². The number of hydrogen-bond acceptors (Lipinski definition) is 3. The molecule has 1 unspecified atom stereocenters. The highest BCUT2D eigenvalue weighted by Gasteiger charge is 2.32. The van der Waals surface area contributed by atoms with Crippen LogP contribution in [0, 0.1) is 11.3 Å². The number of ether oxygens (including phenoxy) is 1. The summed E-state index contributed by atoms with van der Waals surface area (Å²) in [6.45, 7) is 8.19. The van der Waals surface area contributed by atoms with E-state index >= 15 is 0 Å². The highest BCUT2D eigenvalue weighted by Crippen LogP contribution is 2.26. The molecule has 0 amide bonds. The molecule has 0 saturated carbocycles. The summed E-state index contributed by atoms with van der Waals surface area (Å²) >= 11 is 0. The second-order valence-electron chi connectivity index (χ2n) is 6.42. The molecular weight excluding hydrogens is 260 g/mol. The summed E-state index contributed by atoms with van der Waals surface area (Å²) in [5.74, 6) is 0.890. The molecule has 2 rings (SSSR count). The highest BCUT2D eigenvalue weighted by atomic mass is 16.5. The van der Waals surface area contributed by atoms with E-state index in [9.17, 15) is 5.26 Å². The SMILES string of the molecule is CC(C)Oc1cccc(CC(C)(C#N)N2CCCCC2)c1. The van der Waals surface area contributed by atoms with E-state index in [2.05, 4.69) is 30.0 Å². The average Bonchev–Trinajstić information content (AvgIpc) is 2.47. The maximum Gasteiger partial charge on any atom is 0.119 e. The van der Waals surface area contributed by atoms with Crippen molar-refractivity contribution in [2.45, 2.75) is 58.1 Å². The van der Waals surface area contributed by atoms with E-state index in [1.807, 2.05) is 26.0 Å². The third-order valence-corrected chi connectivity index (χ3v) is 4.11. The van der Waals surface area contributed by atoms with Crippen LogP contribution in [0.4, 0.5) is 0 Å². The van der Waals surface area contributed by atoms with Crippen molar-refractivity contribution in [3.63, 3.8) is 0 Å². The largest absolute Gasteiger partial charge is 0.491 e. The molecule has 0 spiro atoms. The van der Waals surface area contributed by atoms with Gasteiger partial charge >= 0.3 is 0 Å². The minimum absolute atomic E-state index is 0.171. The van der Waals surface area contributed by atoms with E-state index < -0.39 is 5.54 Å². The van der Waals surface area contributed by atoms with Gasteiger partial charge in [0.05, 0.1) is 12.2 Å². The van der Waals surface area contributed by atoms with Gasteiger partial charge in [-0.2, -0.15) is 5.26 Å². The number of nitriles is 1. The van der Waals surface area contributed by atoms with Crippen LogP contribution in [-0.4, -0.2) is 29.6 Å². The second-order valence-corrected chi connectivity index (χ2v) is 6.42. The monoisotopic (exact) mass is 286 g/mol. The number of rotatable bonds is 5. The van der Waals surface area contributed by atoms with Crippen LogP contribution in [0.25, 0.3) is 0 Å². The first-order chi connectivity index (χ1) is 10.0. The first-order valence-corrected chi connectivity index (χ1v) is 7.95. The molecule has 1 aromatic rings. The van der Waals surface area contributed by atoms with Crippen molar-refractivity contribution in [2.75, 3.05) is 13.1 Å². The molecule has 114 valence electrons. The van der Waals surface area contributed by atoms with E-state index in [1.54, 1.807) is 0 Å². The summed E-state index contributed by atoms with van der Waals surface area (Å²) in [5.41, 5.74) is 0.749. The molecular formula is C18H26N2O. The Morgan fingerprint density at radius 1 is 1.29 bits per heavy atom. The van der Waals surface area contributed by atoms with Crippen molar-refractivity contribution < 1.29 is 4.74 Å². The molecule has 1 atom stereocenters. The Kier molecular flexibility index (Phi) is 5.25. The van der Waals surface area contributed by atoms with Crippen LogP contribution >= 0.6 is 0 Å². The van der Waals surface area contributed by atoms with Crippen molar-refractivity contribution in [3.8, 4) is 11.8 Å². The lowest BCUT2D eigenvalue weighted by Crippen LogP contribution is -2.49. The maximum absolute atomic E-state index is 9.69. The van der Waals surface area contributed by atoms with Crippen LogP contribution in [0.3, 0.4) is 0 Å². The van der Waals surface area contributed by atoms with Gasteiger partial charge in [-0.05, 0) is 64.4 Å². The van der Waals surface area contributed by atoms with E-state index in [0.717, 1.165) is 25.3 Å². The van der Waals surface area contributed by atoms with Crippen LogP contribution in [0.2, 0.25) is 0 Å². The Morgan fingerprint density at radius 3 is 2.62 bits per heavy atom. The first kappa shape index (κ1) is 15.9. The molecule has 0 bridgehead atoms. The second kappa shape index (κ2) is 6.95. The minimum atomic E-state index is -0.420. The average molecular weight is 286 g/mol. The summed E-state index contributed by atoms with van der Waals surface area (Å²) in [5, 5.41) is 9.69. The lowest BCUT2D eigenvalue weighted by molar-refractivity contribution is 0.124. The Morgan fingerprint density at radius 2 is 2.00 bits per heavy atom. The Labute approximate surface area is 128 Å². The van der Waals surface area contributed by atoms with Crippen molar-refractivity contribution in [1.29, 1.82) is 5.26 Å². The van der Waals surface area contributed by atoms with Gasteiger partial charge in [-0.15, -0.1) is 0 Å². The topological polar surface area (TPSA) is 36.3 Å². The smallest absolute Gasteiger partial charge is 0.119 e. The zero-order valence-corrected chi connectivity index (χ0v) is 13.4. The molecule has 0 aliphatic carbocycles. The number of hydrogen-bond donors (Lipinski definition) is 0. The lowest BCUT2D eigenvalue weighted by atomic mass is 9.90. The lowest BCUT2D eigenvalue weighted by Gasteiger charge is -2.38. The van der Waals surface area contributed by atoms with Crippen LogP contribution in [-0.2, 0) is 6.42 Å². The Bertz CT molecular complexity index is 500. The third kappa shape index (κ3) is 4.22. The van der Waals surface area contributed by atoms with Gasteiger partial charge in [0.25, 0.3) is 0 Å². The molecule has 3 nitrogen and oxygen atoms in total. The van der Waals surface area contributed by atoms with Gasteiger partial charge in [0.2, 0.25) is 0 Å². The zero-order chi connectivity index (χ0) is 15.3. The molecule has 21 heavy (non-hydrogen) atoms. The summed E-state index contributed by atoms with van der Waals surface area (Å²) in [7, 11) is 0. The Balaban J connectivity index is 2.12. The molecule has 1 aliphatic heterocycles. The first-order valence-electron chi connectivity index (χ1n) is 7.95. The van der Waals surface area contributed by atoms with E-state index in [-0.39, 0.29) is 6.10 Å². The van der Waals surface area contributed by atoms with Crippen LogP contribution < -0.4 is 4.74 Å². The molecule has 1 aliphatic rings. The summed E-state index contributed by atoms with van der Waals surface area (Å²) in [6, 6.07) is 10.7. The molecule has 1 fully saturated rings. The maximum atomic E-state index is 9.69. The number of piperidine rings is 1. The van der Waals surface area contributed by atoms with Crippen molar-refractivity contribution in [3.05, 3.63) is 29.8 Å². The minimum Gasteiger partial charge on any atom is -0.491 e.